The van der Waals surface area contributed by atoms with Crippen molar-refractivity contribution in [1.82, 2.24) is 15.5 Å². The van der Waals surface area contributed by atoms with E-state index >= 15 is 0 Å². The molecule has 0 saturated carbocycles. The number of guanidine groups is 1. The number of methoxy groups -OCH3 is 1. The Balaban J connectivity index is 0.00000364. The highest BCUT2D eigenvalue weighted by Crippen LogP contribution is 2.17. The van der Waals surface area contributed by atoms with Crippen LogP contribution in [0.1, 0.15) is 33.1 Å². The van der Waals surface area contributed by atoms with Gasteiger partial charge in [0.2, 0.25) is 0 Å². The molecule has 0 aliphatic carbocycles. The van der Waals surface area contributed by atoms with E-state index in [-0.39, 0.29) is 24.0 Å². The summed E-state index contributed by atoms with van der Waals surface area (Å²) < 4.78 is 10.9. The van der Waals surface area contributed by atoms with Crippen LogP contribution in [0.2, 0.25) is 0 Å². The highest BCUT2D eigenvalue weighted by molar-refractivity contribution is 14.0. The molecule has 1 aromatic rings. The van der Waals surface area contributed by atoms with Gasteiger partial charge >= 0.3 is 0 Å². The molecule has 0 atom stereocenters. The van der Waals surface area contributed by atoms with Gasteiger partial charge < -0.3 is 25.0 Å². The number of likely N-dealkylation sites (tertiary alicyclic amines) is 1. The lowest BCUT2D eigenvalue weighted by molar-refractivity contribution is 0.167. The Morgan fingerprint density at radius 1 is 1.19 bits per heavy atom. The molecule has 0 spiro atoms. The normalized spacial score (nSPS) is 16.0. The van der Waals surface area contributed by atoms with Crippen molar-refractivity contribution in [3.8, 4) is 11.5 Å². The molecule has 2 rings (SSSR count). The van der Waals surface area contributed by atoms with Crippen LogP contribution in [0.4, 0.5) is 0 Å². The van der Waals surface area contributed by atoms with Crippen LogP contribution in [0, 0.1) is 0 Å². The van der Waals surface area contributed by atoms with Crippen molar-refractivity contribution >= 4 is 29.9 Å². The maximum Gasteiger partial charge on any atom is 0.191 e. The summed E-state index contributed by atoms with van der Waals surface area (Å²) in [5.74, 6) is 2.59. The van der Waals surface area contributed by atoms with Crippen LogP contribution in [0.3, 0.4) is 0 Å². The second-order valence-electron chi connectivity index (χ2n) is 6.92. The summed E-state index contributed by atoms with van der Waals surface area (Å²) >= 11 is 0. The largest absolute Gasteiger partial charge is 0.497 e. The first kappa shape index (κ1) is 23.8. The van der Waals surface area contributed by atoms with E-state index in [1.165, 1.54) is 12.8 Å². The highest BCUT2D eigenvalue weighted by atomic mass is 127. The van der Waals surface area contributed by atoms with E-state index in [9.17, 15) is 0 Å². The van der Waals surface area contributed by atoms with E-state index in [0.717, 1.165) is 43.5 Å². The number of piperidine rings is 1. The van der Waals surface area contributed by atoms with Crippen molar-refractivity contribution in [2.24, 2.45) is 4.99 Å². The molecule has 6 nitrogen and oxygen atoms in total. The van der Waals surface area contributed by atoms with E-state index in [1.807, 2.05) is 31.3 Å². The first-order chi connectivity index (χ1) is 12.6. The third-order valence-electron chi connectivity index (χ3n) is 4.77. The van der Waals surface area contributed by atoms with E-state index < -0.39 is 0 Å². The van der Waals surface area contributed by atoms with Crippen molar-refractivity contribution in [1.29, 1.82) is 0 Å². The standard InChI is InChI=1S/C20H34N4O2.HI/c1-16(2)24-13-10-17(11-14-24)23-20(21-3)22-12-5-15-26-19-8-6-18(25-4)7-9-19;/h6-9,16-17H,5,10-15H2,1-4H3,(H2,21,22,23);1H. The van der Waals surface area contributed by atoms with Crippen molar-refractivity contribution < 1.29 is 9.47 Å². The number of benzene rings is 1. The molecule has 0 unspecified atom stereocenters. The Morgan fingerprint density at radius 3 is 2.37 bits per heavy atom. The monoisotopic (exact) mass is 490 g/mol. The van der Waals surface area contributed by atoms with E-state index in [2.05, 4.69) is 34.4 Å². The lowest BCUT2D eigenvalue weighted by Crippen LogP contribution is -2.50. The molecule has 1 aliphatic heterocycles. The van der Waals surface area contributed by atoms with Crippen molar-refractivity contribution in [3.05, 3.63) is 24.3 Å². The predicted octanol–water partition coefficient (Wildman–Crippen LogP) is 3.12. The highest BCUT2D eigenvalue weighted by Gasteiger charge is 2.21. The summed E-state index contributed by atoms with van der Waals surface area (Å²) in [5, 5.41) is 6.92. The number of nitrogens with one attached hydrogen (secondary N) is 2. The molecule has 1 fully saturated rings. The van der Waals surface area contributed by atoms with Crippen LogP contribution in [-0.4, -0.2) is 63.3 Å². The molecule has 1 aromatic carbocycles. The average molecular weight is 490 g/mol. The van der Waals surface area contributed by atoms with Gasteiger partial charge in [0.05, 0.1) is 13.7 Å². The van der Waals surface area contributed by atoms with Gasteiger partial charge in [0.1, 0.15) is 11.5 Å². The van der Waals surface area contributed by atoms with Gasteiger partial charge in [-0.1, -0.05) is 0 Å². The zero-order valence-electron chi connectivity index (χ0n) is 17.0. The first-order valence-corrected chi connectivity index (χ1v) is 9.60. The number of halogens is 1. The molecule has 154 valence electrons. The SMILES string of the molecule is CN=C(NCCCOc1ccc(OC)cc1)NC1CCN(C(C)C)CC1.I. The molecule has 0 aromatic heterocycles. The molecule has 1 heterocycles. The minimum atomic E-state index is 0. The summed E-state index contributed by atoms with van der Waals surface area (Å²) in [6.45, 7) is 8.35. The fraction of sp³-hybridized carbons (Fsp3) is 0.650. The predicted molar refractivity (Wildman–Crippen MR) is 123 cm³/mol. The summed E-state index contributed by atoms with van der Waals surface area (Å²) in [6.07, 6.45) is 3.25. The number of ether oxygens (including phenoxy) is 2. The molecule has 0 amide bonds. The van der Waals surface area contributed by atoms with Crippen molar-refractivity contribution in [2.45, 2.75) is 45.2 Å². The number of nitrogens with zero attached hydrogens (tertiary/aromatic N) is 2. The Bertz CT molecular complexity index is 543. The molecule has 1 aliphatic rings. The van der Waals surface area contributed by atoms with Gasteiger partial charge in [-0.25, -0.2) is 0 Å². The smallest absolute Gasteiger partial charge is 0.191 e. The van der Waals surface area contributed by atoms with Crippen LogP contribution in [0.15, 0.2) is 29.3 Å². The van der Waals surface area contributed by atoms with Crippen LogP contribution >= 0.6 is 24.0 Å². The van der Waals surface area contributed by atoms with Crippen molar-refractivity contribution in [3.63, 3.8) is 0 Å². The van der Waals surface area contributed by atoms with Crippen LogP contribution in [-0.2, 0) is 0 Å². The molecular weight excluding hydrogens is 455 g/mol. The summed E-state index contributed by atoms with van der Waals surface area (Å²) in [6, 6.07) is 8.81. The zero-order valence-corrected chi connectivity index (χ0v) is 19.4. The van der Waals surface area contributed by atoms with Gasteiger partial charge in [-0.05, 0) is 57.4 Å². The average Bonchev–Trinajstić information content (AvgIpc) is 2.67. The van der Waals surface area contributed by atoms with E-state index in [4.69, 9.17) is 9.47 Å². The molecular formula is C20H35IN4O2. The summed E-state index contributed by atoms with van der Waals surface area (Å²) in [7, 11) is 3.49. The lowest BCUT2D eigenvalue weighted by Gasteiger charge is -2.35. The maximum atomic E-state index is 5.74. The number of aliphatic imine (C=N–C) groups is 1. The summed E-state index contributed by atoms with van der Waals surface area (Å²) in [4.78, 5) is 6.87. The Kier molecular flexibility index (Phi) is 11.5. The maximum absolute atomic E-state index is 5.74. The van der Waals surface area contributed by atoms with Crippen molar-refractivity contribution in [2.75, 3.05) is 40.4 Å². The Hall–Kier alpha value is -1.22. The topological polar surface area (TPSA) is 58.1 Å². The van der Waals surface area contributed by atoms with Gasteiger partial charge in [0.15, 0.2) is 5.96 Å². The minimum absolute atomic E-state index is 0. The summed E-state index contributed by atoms with van der Waals surface area (Å²) in [5.41, 5.74) is 0. The number of hydrogen-bond donors (Lipinski definition) is 2. The number of rotatable bonds is 8. The van der Waals surface area contributed by atoms with Gasteiger partial charge in [-0.3, -0.25) is 4.99 Å². The molecule has 0 bridgehead atoms. The third kappa shape index (κ3) is 8.55. The Labute approximate surface area is 181 Å². The fourth-order valence-electron chi connectivity index (χ4n) is 3.09. The van der Waals surface area contributed by atoms with Gasteiger partial charge in [-0.2, -0.15) is 0 Å². The first-order valence-electron chi connectivity index (χ1n) is 9.60. The van der Waals surface area contributed by atoms with Crippen LogP contribution in [0.5, 0.6) is 11.5 Å². The molecule has 1 saturated heterocycles. The Morgan fingerprint density at radius 2 is 1.81 bits per heavy atom. The molecule has 0 radical (unpaired) electrons. The molecule has 2 N–H and O–H groups in total. The third-order valence-corrected chi connectivity index (χ3v) is 4.77. The van der Waals surface area contributed by atoms with Crippen LogP contribution < -0.4 is 20.1 Å². The van der Waals surface area contributed by atoms with Gasteiger partial charge in [0.25, 0.3) is 0 Å². The number of hydrogen-bond acceptors (Lipinski definition) is 4. The fourth-order valence-corrected chi connectivity index (χ4v) is 3.09. The molecule has 7 heteroatoms. The second-order valence-corrected chi connectivity index (χ2v) is 6.92. The second kappa shape index (κ2) is 13.0. The van der Waals surface area contributed by atoms with E-state index in [0.29, 0.717) is 18.7 Å². The minimum Gasteiger partial charge on any atom is -0.497 e. The van der Waals surface area contributed by atoms with Crippen LogP contribution in [0.25, 0.3) is 0 Å². The molecule has 27 heavy (non-hydrogen) atoms. The quantitative estimate of drug-likeness (QED) is 0.254. The van der Waals surface area contributed by atoms with Gasteiger partial charge in [-0.15, -0.1) is 24.0 Å². The zero-order chi connectivity index (χ0) is 18.8. The van der Waals surface area contributed by atoms with Gasteiger partial charge in [0, 0.05) is 38.8 Å². The lowest BCUT2D eigenvalue weighted by atomic mass is 10.0. The van der Waals surface area contributed by atoms with E-state index in [1.54, 1.807) is 7.11 Å².